The topological polar surface area (TPSA) is 20.3 Å². The van der Waals surface area contributed by atoms with Crippen LogP contribution in [0, 0.1) is 6.92 Å². The first kappa shape index (κ1) is 7.92. The normalized spacial score (nSPS) is 19.7. The minimum absolute atomic E-state index is 0.278. The molecule has 57 valence electrons. The Morgan fingerprint density at radius 1 is 1.70 bits per heavy atom. The van der Waals surface area contributed by atoms with E-state index >= 15 is 0 Å². The third kappa shape index (κ3) is 1.90. The van der Waals surface area contributed by atoms with Crippen LogP contribution in [0.25, 0.3) is 0 Å². The molecule has 10 heavy (non-hydrogen) atoms. The first-order valence-electron chi connectivity index (χ1n) is 3.49. The highest BCUT2D eigenvalue weighted by atomic mass is 32.2. The van der Waals surface area contributed by atoms with Crippen molar-refractivity contribution in [3.8, 4) is 0 Å². The summed E-state index contributed by atoms with van der Waals surface area (Å²) in [5, 5.41) is 0. The molecule has 1 fully saturated rings. The molecule has 1 heterocycles. The van der Waals surface area contributed by atoms with Crippen LogP contribution in [0.4, 0.5) is 0 Å². The highest BCUT2D eigenvalue weighted by molar-refractivity contribution is 8.00. The summed E-state index contributed by atoms with van der Waals surface area (Å²) in [6, 6.07) is 0. The average molecular weight is 158 g/mol. The van der Waals surface area contributed by atoms with Crippen molar-refractivity contribution in [1.82, 2.24) is 4.90 Å². The van der Waals surface area contributed by atoms with Gasteiger partial charge in [0, 0.05) is 18.8 Å². The number of hydrogen-bond donors (Lipinski definition) is 0. The fourth-order valence-corrected chi connectivity index (χ4v) is 1.83. The Balaban J connectivity index is 2.32. The summed E-state index contributed by atoms with van der Waals surface area (Å²) >= 11 is 1.72. The van der Waals surface area contributed by atoms with E-state index in [1.54, 1.807) is 11.8 Å². The Bertz CT molecular complexity index is 125. The molecule has 1 saturated heterocycles. The van der Waals surface area contributed by atoms with E-state index in [2.05, 4.69) is 6.92 Å². The summed E-state index contributed by atoms with van der Waals surface area (Å²) in [4.78, 5) is 13.0. The zero-order valence-electron chi connectivity index (χ0n) is 6.01. The quantitative estimate of drug-likeness (QED) is 0.592. The molecule has 0 aromatic carbocycles. The number of amides is 1. The predicted octanol–water partition coefficient (Wildman–Crippen LogP) is 0.786. The van der Waals surface area contributed by atoms with E-state index in [0.717, 1.165) is 25.3 Å². The predicted molar refractivity (Wildman–Crippen MR) is 43.9 cm³/mol. The van der Waals surface area contributed by atoms with E-state index in [9.17, 15) is 4.79 Å². The van der Waals surface area contributed by atoms with Crippen molar-refractivity contribution in [2.75, 3.05) is 24.6 Å². The first-order chi connectivity index (χ1) is 4.84. The second-order valence-corrected chi connectivity index (χ2v) is 3.39. The Morgan fingerprint density at radius 3 is 3.10 bits per heavy atom. The molecule has 0 aromatic rings. The van der Waals surface area contributed by atoms with Gasteiger partial charge in [0.05, 0.1) is 5.75 Å². The zero-order valence-corrected chi connectivity index (χ0v) is 6.82. The van der Waals surface area contributed by atoms with Gasteiger partial charge in [0.25, 0.3) is 0 Å². The van der Waals surface area contributed by atoms with Crippen molar-refractivity contribution in [1.29, 1.82) is 0 Å². The van der Waals surface area contributed by atoms with Crippen LogP contribution < -0.4 is 0 Å². The third-order valence-corrected chi connectivity index (χ3v) is 2.43. The smallest absolute Gasteiger partial charge is 0.232 e. The maximum absolute atomic E-state index is 11.1. The molecule has 0 aliphatic carbocycles. The largest absolute Gasteiger partial charge is 0.341 e. The van der Waals surface area contributed by atoms with Gasteiger partial charge in [-0.15, -0.1) is 0 Å². The van der Waals surface area contributed by atoms with Gasteiger partial charge in [-0.2, -0.15) is 11.8 Å². The Morgan fingerprint density at radius 2 is 2.50 bits per heavy atom. The van der Waals surface area contributed by atoms with E-state index in [0.29, 0.717) is 5.75 Å². The summed E-state index contributed by atoms with van der Waals surface area (Å²) in [6.45, 7) is 5.46. The SMILES string of the molecule is [CH2]CCN1CCSCC1=O. The van der Waals surface area contributed by atoms with Crippen molar-refractivity contribution in [3.63, 3.8) is 0 Å². The molecule has 1 amide bonds. The van der Waals surface area contributed by atoms with Gasteiger partial charge >= 0.3 is 0 Å². The highest BCUT2D eigenvalue weighted by Gasteiger charge is 2.16. The number of carbonyl (C=O) groups is 1. The lowest BCUT2D eigenvalue weighted by molar-refractivity contribution is -0.128. The minimum Gasteiger partial charge on any atom is -0.341 e. The summed E-state index contributed by atoms with van der Waals surface area (Å²) in [6.07, 6.45) is 0.830. The van der Waals surface area contributed by atoms with Gasteiger partial charge in [0.1, 0.15) is 0 Å². The average Bonchev–Trinajstić information content (AvgIpc) is 1.94. The minimum atomic E-state index is 0.278. The van der Waals surface area contributed by atoms with Crippen LogP contribution in [0.1, 0.15) is 6.42 Å². The molecule has 1 rings (SSSR count). The number of thioether (sulfide) groups is 1. The van der Waals surface area contributed by atoms with Crippen molar-refractivity contribution in [3.05, 3.63) is 6.92 Å². The molecule has 1 aliphatic rings. The maximum atomic E-state index is 11.1. The molecule has 0 atom stereocenters. The van der Waals surface area contributed by atoms with Crippen LogP contribution in [0.5, 0.6) is 0 Å². The summed E-state index contributed by atoms with van der Waals surface area (Å²) in [5.74, 6) is 2.03. The molecule has 0 spiro atoms. The Kier molecular flexibility index (Phi) is 3.06. The molecule has 0 N–H and O–H groups in total. The van der Waals surface area contributed by atoms with Gasteiger partial charge in [-0.25, -0.2) is 0 Å². The van der Waals surface area contributed by atoms with E-state index in [-0.39, 0.29) is 5.91 Å². The number of rotatable bonds is 2. The van der Waals surface area contributed by atoms with E-state index in [1.807, 2.05) is 4.90 Å². The lowest BCUT2D eigenvalue weighted by Gasteiger charge is -2.25. The summed E-state index contributed by atoms with van der Waals surface area (Å²) in [7, 11) is 0. The second-order valence-electron chi connectivity index (χ2n) is 2.29. The van der Waals surface area contributed by atoms with Gasteiger partial charge in [-0.1, -0.05) is 6.92 Å². The first-order valence-corrected chi connectivity index (χ1v) is 4.65. The molecular formula is C7H12NOS. The standard InChI is InChI=1S/C7H12NOS/c1-2-3-8-4-5-10-6-7(8)9/h1-6H2. The maximum Gasteiger partial charge on any atom is 0.232 e. The van der Waals surface area contributed by atoms with Crippen LogP contribution in [-0.2, 0) is 4.79 Å². The van der Waals surface area contributed by atoms with E-state index in [4.69, 9.17) is 0 Å². The number of nitrogens with zero attached hydrogens (tertiary/aromatic N) is 1. The number of hydrogen-bond acceptors (Lipinski definition) is 2. The third-order valence-electron chi connectivity index (χ3n) is 1.51. The summed E-state index contributed by atoms with van der Waals surface area (Å²) < 4.78 is 0. The highest BCUT2D eigenvalue weighted by Crippen LogP contribution is 2.10. The van der Waals surface area contributed by atoms with Crippen LogP contribution in [0.2, 0.25) is 0 Å². The fourth-order valence-electron chi connectivity index (χ4n) is 0.978. The van der Waals surface area contributed by atoms with Crippen molar-refractivity contribution >= 4 is 17.7 Å². The van der Waals surface area contributed by atoms with Crippen LogP contribution in [0.3, 0.4) is 0 Å². The number of carbonyl (C=O) groups excluding carboxylic acids is 1. The van der Waals surface area contributed by atoms with Gasteiger partial charge in [-0.3, -0.25) is 4.79 Å². The van der Waals surface area contributed by atoms with Crippen molar-refractivity contribution in [2.24, 2.45) is 0 Å². The molecule has 3 heteroatoms. The van der Waals surface area contributed by atoms with Gasteiger partial charge in [-0.05, 0) is 6.42 Å². The Labute approximate surface area is 66.0 Å². The molecule has 0 bridgehead atoms. The van der Waals surface area contributed by atoms with Gasteiger partial charge < -0.3 is 4.90 Å². The van der Waals surface area contributed by atoms with Crippen molar-refractivity contribution in [2.45, 2.75) is 6.42 Å². The van der Waals surface area contributed by atoms with Crippen molar-refractivity contribution < 1.29 is 4.79 Å². The second kappa shape index (κ2) is 3.86. The molecular weight excluding hydrogens is 146 g/mol. The zero-order chi connectivity index (χ0) is 7.40. The van der Waals surface area contributed by atoms with E-state index in [1.165, 1.54) is 0 Å². The molecule has 0 aromatic heterocycles. The monoisotopic (exact) mass is 158 g/mol. The molecule has 0 unspecified atom stereocenters. The van der Waals surface area contributed by atoms with Crippen LogP contribution >= 0.6 is 11.8 Å². The summed E-state index contributed by atoms with van der Waals surface area (Å²) in [5.41, 5.74) is 0. The van der Waals surface area contributed by atoms with Crippen LogP contribution in [-0.4, -0.2) is 35.4 Å². The molecule has 1 radical (unpaired) electrons. The lowest BCUT2D eigenvalue weighted by Crippen LogP contribution is -2.38. The molecule has 2 nitrogen and oxygen atoms in total. The van der Waals surface area contributed by atoms with Gasteiger partial charge in [0.2, 0.25) is 5.91 Å². The Hall–Kier alpha value is -0.180. The molecule has 1 aliphatic heterocycles. The fraction of sp³-hybridized carbons (Fsp3) is 0.714. The van der Waals surface area contributed by atoms with E-state index < -0.39 is 0 Å². The lowest BCUT2D eigenvalue weighted by atomic mass is 10.4. The van der Waals surface area contributed by atoms with Crippen LogP contribution in [0.15, 0.2) is 0 Å². The van der Waals surface area contributed by atoms with Gasteiger partial charge in [0.15, 0.2) is 0 Å². The molecule has 0 saturated carbocycles.